The molecule has 0 bridgehead atoms. The lowest BCUT2D eigenvalue weighted by atomic mass is 10.2. The molecule has 0 aromatic heterocycles. The van der Waals surface area contributed by atoms with Gasteiger partial charge in [-0.05, 0) is 61.4 Å². The number of benzene rings is 3. The Morgan fingerprint density at radius 2 is 1.92 bits per heavy atom. The van der Waals surface area contributed by atoms with Crippen molar-refractivity contribution in [1.82, 2.24) is 0 Å². The molecule has 0 aliphatic carbocycles. The predicted octanol–water partition coefficient (Wildman–Crippen LogP) is 5.90. The van der Waals surface area contributed by atoms with Crippen LogP contribution < -0.4 is 24.4 Å². The van der Waals surface area contributed by atoms with Crippen LogP contribution in [-0.4, -0.2) is 38.2 Å². The van der Waals surface area contributed by atoms with Crippen molar-refractivity contribution >= 4 is 46.4 Å². The summed E-state index contributed by atoms with van der Waals surface area (Å²) in [5, 5.41) is 3.82. The fourth-order valence-electron chi connectivity index (χ4n) is 3.72. The predicted molar refractivity (Wildman–Crippen MR) is 141 cm³/mol. The minimum Gasteiger partial charge on any atom is -0.492 e. The lowest BCUT2D eigenvalue weighted by Gasteiger charge is -2.29. The Hall–Kier alpha value is -3.42. The normalized spacial score (nSPS) is 12.5. The number of carbonyl (C=O) groups excluding carboxylic acids is 2. The van der Waals surface area contributed by atoms with E-state index in [4.69, 9.17) is 37.4 Å². The van der Waals surface area contributed by atoms with Crippen molar-refractivity contribution in [3.05, 3.63) is 76.3 Å². The molecule has 0 unspecified atom stereocenters. The number of rotatable bonds is 10. The minimum atomic E-state index is -0.156. The van der Waals surface area contributed by atoms with Crippen LogP contribution in [0.1, 0.15) is 18.4 Å². The lowest BCUT2D eigenvalue weighted by molar-refractivity contribution is -0.121. The van der Waals surface area contributed by atoms with Gasteiger partial charge in [-0.1, -0.05) is 35.3 Å². The quantitative estimate of drug-likeness (QED) is 0.331. The highest BCUT2D eigenvalue weighted by molar-refractivity contribution is 6.35. The number of aryl methyl sites for hydroxylation is 1. The summed E-state index contributed by atoms with van der Waals surface area (Å²) in [5.74, 6) is 1.51. The van der Waals surface area contributed by atoms with Gasteiger partial charge in [-0.3, -0.25) is 9.59 Å². The summed E-state index contributed by atoms with van der Waals surface area (Å²) >= 11 is 12.0. The molecule has 0 spiro atoms. The first kappa shape index (κ1) is 25.7. The molecule has 3 aromatic rings. The summed E-state index contributed by atoms with van der Waals surface area (Å²) in [6.07, 6.45) is 0.777. The first-order valence-corrected chi connectivity index (χ1v) is 12.3. The molecule has 1 N–H and O–H groups in total. The van der Waals surface area contributed by atoms with Crippen LogP contribution in [0.15, 0.2) is 60.7 Å². The van der Waals surface area contributed by atoms with E-state index >= 15 is 0 Å². The highest BCUT2D eigenvalue weighted by Gasteiger charge is 2.25. The van der Waals surface area contributed by atoms with Crippen LogP contribution in [0.25, 0.3) is 0 Å². The molecule has 0 atom stereocenters. The maximum atomic E-state index is 12.5. The molecule has 1 heterocycles. The third kappa shape index (κ3) is 6.83. The summed E-state index contributed by atoms with van der Waals surface area (Å²) in [4.78, 5) is 26.5. The van der Waals surface area contributed by atoms with E-state index in [0.717, 1.165) is 11.3 Å². The molecule has 36 heavy (non-hydrogen) atoms. The molecule has 3 aromatic carbocycles. The first-order valence-electron chi connectivity index (χ1n) is 11.5. The maximum absolute atomic E-state index is 12.5. The Balaban J connectivity index is 1.27. The molecule has 2 amide bonds. The van der Waals surface area contributed by atoms with Crippen molar-refractivity contribution in [2.45, 2.75) is 19.8 Å². The summed E-state index contributed by atoms with van der Waals surface area (Å²) in [6.45, 7) is 2.99. The van der Waals surface area contributed by atoms with E-state index in [0.29, 0.717) is 59.1 Å². The topological polar surface area (TPSA) is 77.1 Å². The number of carbonyl (C=O) groups is 2. The van der Waals surface area contributed by atoms with Crippen LogP contribution >= 0.6 is 23.2 Å². The van der Waals surface area contributed by atoms with E-state index in [1.807, 2.05) is 31.2 Å². The average Bonchev–Trinajstić information content (AvgIpc) is 2.84. The van der Waals surface area contributed by atoms with Crippen molar-refractivity contribution < 1.29 is 23.8 Å². The summed E-state index contributed by atoms with van der Waals surface area (Å²) in [6, 6.07) is 18.0. The molecular weight excluding hydrogens is 503 g/mol. The van der Waals surface area contributed by atoms with Gasteiger partial charge in [0, 0.05) is 23.2 Å². The van der Waals surface area contributed by atoms with Gasteiger partial charge >= 0.3 is 0 Å². The van der Waals surface area contributed by atoms with Gasteiger partial charge in [0.25, 0.3) is 5.91 Å². The van der Waals surface area contributed by atoms with Gasteiger partial charge in [-0.25, -0.2) is 0 Å². The molecule has 1 aliphatic heterocycles. The van der Waals surface area contributed by atoms with E-state index in [1.54, 1.807) is 41.3 Å². The number of halogens is 2. The number of fused-ring (bicyclic) bond motifs is 1. The first-order chi connectivity index (χ1) is 17.4. The number of hydrogen-bond acceptors (Lipinski definition) is 5. The zero-order chi connectivity index (χ0) is 25.5. The molecule has 188 valence electrons. The van der Waals surface area contributed by atoms with Crippen LogP contribution in [0.5, 0.6) is 17.2 Å². The number of hydrogen-bond donors (Lipinski definition) is 1. The van der Waals surface area contributed by atoms with Gasteiger partial charge < -0.3 is 24.4 Å². The molecule has 7 nitrogen and oxygen atoms in total. The van der Waals surface area contributed by atoms with Crippen molar-refractivity contribution in [3.63, 3.8) is 0 Å². The van der Waals surface area contributed by atoms with E-state index in [-0.39, 0.29) is 24.8 Å². The molecule has 1 aliphatic rings. The zero-order valence-electron chi connectivity index (χ0n) is 19.8. The number of ether oxygens (including phenoxy) is 3. The summed E-state index contributed by atoms with van der Waals surface area (Å²) in [5.41, 5.74) is 2.34. The smallest absolute Gasteiger partial charge is 0.265 e. The van der Waals surface area contributed by atoms with Crippen LogP contribution in [0.3, 0.4) is 0 Å². The van der Waals surface area contributed by atoms with Gasteiger partial charge in [-0.15, -0.1) is 0 Å². The Morgan fingerprint density at radius 3 is 2.72 bits per heavy atom. The molecule has 4 rings (SSSR count). The molecule has 0 saturated carbocycles. The van der Waals surface area contributed by atoms with Crippen LogP contribution in [-0.2, 0) is 9.59 Å². The largest absolute Gasteiger partial charge is 0.492 e. The molecule has 0 fully saturated rings. The van der Waals surface area contributed by atoms with Crippen molar-refractivity contribution in [2.75, 3.05) is 36.6 Å². The van der Waals surface area contributed by atoms with Gasteiger partial charge in [0.05, 0.1) is 23.9 Å². The van der Waals surface area contributed by atoms with E-state index < -0.39 is 0 Å². The third-order valence-corrected chi connectivity index (χ3v) is 5.99. The summed E-state index contributed by atoms with van der Waals surface area (Å²) in [7, 11) is 0. The lowest BCUT2D eigenvalue weighted by Crippen LogP contribution is -2.41. The second-order valence-corrected chi connectivity index (χ2v) is 9.10. The Morgan fingerprint density at radius 1 is 1.06 bits per heavy atom. The van der Waals surface area contributed by atoms with Gasteiger partial charge in [0.15, 0.2) is 6.61 Å². The fraction of sp³-hybridized carbons (Fsp3) is 0.259. The second kappa shape index (κ2) is 12.0. The van der Waals surface area contributed by atoms with Gasteiger partial charge in [-0.2, -0.15) is 0 Å². The standard InChI is InChI=1S/C27H26Cl2N2O5/c1-18-4-2-5-21(14-18)34-13-11-31-23-9-8-20(16-25(23)36-17-27(31)33)30-26(32)6-3-12-35-24-10-7-19(28)15-22(24)29/h2,4-5,7-10,14-16H,3,6,11-13,17H2,1H3,(H,30,32). The van der Waals surface area contributed by atoms with Gasteiger partial charge in [0.1, 0.15) is 23.9 Å². The highest BCUT2D eigenvalue weighted by Crippen LogP contribution is 2.34. The maximum Gasteiger partial charge on any atom is 0.265 e. The molecule has 9 heteroatoms. The Labute approximate surface area is 219 Å². The minimum absolute atomic E-state index is 0.0700. The van der Waals surface area contributed by atoms with E-state index in [1.165, 1.54) is 0 Å². The zero-order valence-corrected chi connectivity index (χ0v) is 21.3. The van der Waals surface area contributed by atoms with Crippen molar-refractivity contribution in [3.8, 4) is 17.2 Å². The van der Waals surface area contributed by atoms with E-state index in [9.17, 15) is 9.59 Å². The van der Waals surface area contributed by atoms with Crippen molar-refractivity contribution in [2.24, 2.45) is 0 Å². The Bertz CT molecular complexity index is 1250. The number of nitrogens with one attached hydrogen (secondary N) is 1. The van der Waals surface area contributed by atoms with Gasteiger partial charge in [0.2, 0.25) is 5.91 Å². The number of nitrogens with zero attached hydrogens (tertiary/aromatic N) is 1. The van der Waals surface area contributed by atoms with Crippen molar-refractivity contribution in [1.29, 1.82) is 0 Å². The third-order valence-electron chi connectivity index (χ3n) is 5.46. The van der Waals surface area contributed by atoms with E-state index in [2.05, 4.69) is 5.32 Å². The Kier molecular flexibility index (Phi) is 8.57. The second-order valence-electron chi connectivity index (χ2n) is 8.26. The monoisotopic (exact) mass is 528 g/mol. The van der Waals surface area contributed by atoms with Crippen LogP contribution in [0, 0.1) is 6.92 Å². The molecule has 0 saturated heterocycles. The number of anilines is 2. The van der Waals surface area contributed by atoms with Crippen LogP contribution in [0.2, 0.25) is 10.0 Å². The fourth-order valence-corrected chi connectivity index (χ4v) is 4.18. The number of amides is 2. The SMILES string of the molecule is Cc1cccc(OCCN2C(=O)COc3cc(NC(=O)CCCOc4ccc(Cl)cc4Cl)ccc32)c1. The average molecular weight is 529 g/mol. The highest BCUT2D eigenvalue weighted by atomic mass is 35.5. The molecule has 0 radical (unpaired) electrons. The van der Waals surface area contributed by atoms with Crippen LogP contribution in [0.4, 0.5) is 11.4 Å². The molecular formula is C27H26Cl2N2O5. The summed E-state index contributed by atoms with van der Waals surface area (Å²) < 4.78 is 17.0.